The molecule has 150 valence electrons. The zero-order valence-electron chi connectivity index (χ0n) is 21.4. The fraction of sp³-hybridized carbons (Fsp3) is 0.208. The molecule has 0 spiro atoms. The number of rotatable bonds is 3. The average Bonchev–Trinajstić information content (AvgIpc) is 3.32. The van der Waals surface area contributed by atoms with Crippen molar-refractivity contribution >= 4 is 16.8 Å². The van der Waals surface area contributed by atoms with Crippen molar-refractivity contribution in [2.75, 3.05) is 0 Å². The van der Waals surface area contributed by atoms with E-state index < -0.39 is 25.2 Å². The summed E-state index contributed by atoms with van der Waals surface area (Å²) in [7, 11) is 0. The maximum absolute atomic E-state index is 15.4. The molecule has 0 bridgehead atoms. The van der Waals surface area contributed by atoms with Crippen LogP contribution < -0.4 is 0 Å². The molecule has 1 aliphatic rings. The van der Waals surface area contributed by atoms with Crippen molar-refractivity contribution in [3.05, 3.63) is 82.6 Å². The largest absolute Gasteiger partial charge is 0.328 e. The molecule has 6 heteroatoms. The second-order valence-electron chi connectivity index (χ2n) is 7.42. The molecule has 30 heavy (non-hydrogen) atoms. The van der Waals surface area contributed by atoms with Crippen molar-refractivity contribution in [2.24, 2.45) is 6.98 Å². The topological polar surface area (TPSA) is 51.0 Å². The van der Waals surface area contributed by atoms with Crippen LogP contribution in [0.1, 0.15) is 39.6 Å². The van der Waals surface area contributed by atoms with Crippen LogP contribution in [0.15, 0.2) is 48.8 Å². The van der Waals surface area contributed by atoms with Crippen molar-refractivity contribution in [1.29, 1.82) is 0 Å². The van der Waals surface area contributed by atoms with Gasteiger partial charge in [-0.2, -0.15) is 5.10 Å². The quantitative estimate of drug-likeness (QED) is 0.503. The van der Waals surface area contributed by atoms with E-state index in [-0.39, 0.29) is 23.4 Å². The van der Waals surface area contributed by atoms with Gasteiger partial charge in [-0.05, 0) is 54.3 Å². The monoisotopic (exact) mass is 405 g/mol. The third kappa shape index (κ3) is 2.87. The molecule has 5 rings (SSSR count). The lowest BCUT2D eigenvalue weighted by Gasteiger charge is -2.18. The highest BCUT2D eigenvalue weighted by molar-refractivity contribution is 5.98. The summed E-state index contributed by atoms with van der Waals surface area (Å²) in [6.45, 7) is -1.35. The van der Waals surface area contributed by atoms with Crippen LogP contribution in [0.25, 0.3) is 22.0 Å². The predicted molar refractivity (Wildman–Crippen MR) is 113 cm³/mol. The second kappa shape index (κ2) is 6.76. The first-order chi connectivity index (χ1) is 16.4. The Morgan fingerprint density at radius 2 is 2.07 bits per heavy atom. The highest BCUT2D eigenvalue weighted by atomic mass is 19.1. The summed E-state index contributed by atoms with van der Waals surface area (Å²) < 4.78 is 56.2. The molecular formula is C24H21FN4O. The van der Waals surface area contributed by atoms with Crippen molar-refractivity contribution in [2.45, 2.75) is 26.9 Å². The van der Waals surface area contributed by atoms with Gasteiger partial charge in [-0.15, -0.1) is 0 Å². The van der Waals surface area contributed by atoms with E-state index in [1.54, 1.807) is 31.2 Å². The summed E-state index contributed by atoms with van der Waals surface area (Å²) in [6, 6.07) is 9.74. The molecule has 0 radical (unpaired) electrons. The highest BCUT2D eigenvalue weighted by Crippen LogP contribution is 2.33. The zero-order valence-corrected chi connectivity index (χ0v) is 16.4. The van der Waals surface area contributed by atoms with Crippen LogP contribution in [0.4, 0.5) is 4.39 Å². The van der Waals surface area contributed by atoms with Gasteiger partial charge < -0.3 is 4.90 Å². The van der Waals surface area contributed by atoms with Crippen LogP contribution in [0.3, 0.4) is 0 Å². The Kier molecular flexibility index (Phi) is 3.07. The van der Waals surface area contributed by atoms with Gasteiger partial charge in [0.15, 0.2) is 0 Å². The van der Waals surface area contributed by atoms with Crippen molar-refractivity contribution < 1.29 is 16.0 Å². The van der Waals surface area contributed by atoms with Gasteiger partial charge in [0.2, 0.25) is 0 Å². The number of carbonyl (C=O) groups is 1. The fourth-order valence-electron chi connectivity index (χ4n) is 3.88. The Bertz CT molecular complexity index is 1490. The van der Waals surface area contributed by atoms with Crippen LogP contribution in [0.2, 0.25) is 0 Å². The number of aromatic nitrogens is 3. The lowest BCUT2D eigenvalue weighted by atomic mass is 9.96. The first kappa shape index (κ1) is 13.6. The smallest absolute Gasteiger partial charge is 0.256 e. The van der Waals surface area contributed by atoms with Gasteiger partial charge in [0.05, 0.1) is 26.0 Å². The molecular weight excluding hydrogens is 379 g/mol. The molecule has 0 saturated heterocycles. The van der Waals surface area contributed by atoms with Crippen LogP contribution in [-0.2, 0) is 20.0 Å². The maximum atomic E-state index is 15.4. The summed E-state index contributed by atoms with van der Waals surface area (Å²) >= 11 is 0. The van der Waals surface area contributed by atoms with Crippen molar-refractivity contribution in [3.8, 4) is 11.1 Å². The Hall–Kier alpha value is -3.54. The second-order valence-corrected chi connectivity index (χ2v) is 7.42. The number of aryl methyl sites for hydroxylation is 3. The molecule has 3 heterocycles. The van der Waals surface area contributed by atoms with E-state index in [0.717, 1.165) is 15.1 Å². The lowest BCUT2D eigenvalue weighted by Crippen LogP contribution is -2.24. The third-order valence-corrected chi connectivity index (χ3v) is 5.45. The van der Waals surface area contributed by atoms with Gasteiger partial charge in [0.1, 0.15) is 5.82 Å². The standard InChI is InChI=1S/C24H21FN4O/c1-14-6-7-17(20-11-28(3)27-23(14)20)16-9-15(2)19(21(25)10-16)12-29-13-22-18(24(29)30)5-4-8-26-22/h4-11H,12-13H2,1-3H3/i3D3,13D2. The van der Waals surface area contributed by atoms with Gasteiger partial charge in [0, 0.05) is 41.0 Å². The minimum absolute atomic E-state index is 0.0213. The van der Waals surface area contributed by atoms with Crippen molar-refractivity contribution in [3.63, 3.8) is 0 Å². The van der Waals surface area contributed by atoms with Gasteiger partial charge in [-0.3, -0.25) is 14.5 Å². The average molecular weight is 405 g/mol. The molecule has 5 nitrogen and oxygen atoms in total. The maximum Gasteiger partial charge on any atom is 0.256 e. The number of amides is 1. The summed E-state index contributed by atoms with van der Waals surface area (Å²) in [4.78, 5) is 17.9. The molecule has 2 aromatic heterocycles. The number of pyridine rings is 1. The number of hydrogen-bond donors (Lipinski definition) is 0. The molecule has 4 aromatic rings. The molecule has 2 aromatic carbocycles. The lowest BCUT2D eigenvalue weighted by molar-refractivity contribution is 0.0764. The SMILES string of the molecule is [2H]C1([2H])c2ncccc2C(=O)N1Cc1c(C)cc(-c2ccc(C)c3nn(C([2H])([2H])[2H])cc23)cc1F. The van der Waals surface area contributed by atoms with Gasteiger partial charge >= 0.3 is 0 Å². The number of carbonyl (C=O) groups excluding carboxylic acids is 1. The van der Waals surface area contributed by atoms with Gasteiger partial charge in [-0.25, -0.2) is 4.39 Å². The molecule has 0 saturated carbocycles. The van der Waals surface area contributed by atoms with Crippen LogP contribution in [-0.4, -0.2) is 25.6 Å². The Balaban J connectivity index is 1.56. The molecule has 0 unspecified atom stereocenters. The van der Waals surface area contributed by atoms with Gasteiger partial charge in [0.25, 0.3) is 5.91 Å². The van der Waals surface area contributed by atoms with Gasteiger partial charge in [-0.1, -0.05) is 18.2 Å². The molecule has 0 fully saturated rings. The molecule has 0 atom stereocenters. The molecule has 1 aliphatic heterocycles. The first-order valence-electron chi connectivity index (χ1n) is 12.0. The Labute approximate surface area is 180 Å². The van der Waals surface area contributed by atoms with E-state index in [9.17, 15) is 4.79 Å². The number of benzene rings is 2. The Morgan fingerprint density at radius 1 is 1.20 bits per heavy atom. The predicted octanol–water partition coefficient (Wildman–Crippen LogP) is 4.55. The van der Waals surface area contributed by atoms with E-state index in [1.165, 1.54) is 24.5 Å². The number of halogens is 1. The third-order valence-electron chi connectivity index (χ3n) is 5.45. The van der Waals surface area contributed by atoms with E-state index in [4.69, 9.17) is 6.85 Å². The first-order valence-corrected chi connectivity index (χ1v) is 9.46. The Morgan fingerprint density at radius 3 is 2.83 bits per heavy atom. The van der Waals surface area contributed by atoms with Crippen LogP contribution in [0.5, 0.6) is 0 Å². The molecule has 0 N–H and O–H groups in total. The normalized spacial score (nSPS) is 17.9. The fourth-order valence-corrected chi connectivity index (χ4v) is 3.88. The van der Waals surface area contributed by atoms with Crippen molar-refractivity contribution in [1.82, 2.24) is 19.7 Å². The van der Waals surface area contributed by atoms with E-state index in [0.29, 0.717) is 27.6 Å². The minimum Gasteiger partial charge on any atom is -0.328 e. The van der Waals surface area contributed by atoms with E-state index in [1.807, 2.05) is 6.92 Å². The summed E-state index contributed by atoms with van der Waals surface area (Å²) in [6.07, 6.45) is 2.86. The zero-order chi connectivity index (χ0) is 25.3. The summed E-state index contributed by atoms with van der Waals surface area (Å²) in [5.41, 5.74) is 3.38. The number of hydrogen-bond acceptors (Lipinski definition) is 3. The van der Waals surface area contributed by atoms with E-state index in [2.05, 4.69) is 10.1 Å². The van der Waals surface area contributed by atoms with Crippen LogP contribution in [0, 0.1) is 19.7 Å². The molecule has 0 aliphatic carbocycles. The minimum atomic E-state index is -2.44. The summed E-state index contributed by atoms with van der Waals surface area (Å²) in [5.74, 6) is -1.14. The van der Waals surface area contributed by atoms with E-state index >= 15 is 4.39 Å². The highest BCUT2D eigenvalue weighted by Gasteiger charge is 2.29. The van der Waals surface area contributed by atoms with Crippen LogP contribution >= 0.6 is 0 Å². The molecule has 1 amide bonds. The summed E-state index contributed by atoms with van der Waals surface area (Å²) in [5, 5.41) is 4.80. The number of fused-ring (bicyclic) bond motifs is 2. The number of nitrogens with zero attached hydrogens (tertiary/aromatic N) is 4.